The second kappa shape index (κ2) is 6.50. The van der Waals surface area contributed by atoms with Crippen molar-refractivity contribution in [2.75, 3.05) is 5.32 Å². The number of nitrogens with one attached hydrogen (secondary N) is 1. The SMILES string of the molecule is Cc1ccc(C(=O)Nc2nc(-c3cc([N+](=O)[O-])cs3)cs2)cc1C. The summed E-state index contributed by atoms with van der Waals surface area (Å²) < 4.78 is 0. The number of benzene rings is 1. The highest BCUT2D eigenvalue weighted by Crippen LogP contribution is 2.32. The molecule has 0 fully saturated rings. The number of nitro groups is 1. The van der Waals surface area contributed by atoms with Gasteiger partial charge in [-0.15, -0.1) is 22.7 Å². The molecule has 1 amide bonds. The van der Waals surface area contributed by atoms with Crippen LogP contribution in [0.2, 0.25) is 0 Å². The highest BCUT2D eigenvalue weighted by atomic mass is 32.1. The van der Waals surface area contributed by atoms with Crippen LogP contribution in [0.3, 0.4) is 0 Å². The second-order valence-electron chi connectivity index (χ2n) is 5.22. The predicted octanol–water partition coefficient (Wildman–Crippen LogP) is 4.65. The molecule has 0 saturated heterocycles. The fourth-order valence-electron chi connectivity index (χ4n) is 2.05. The maximum Gasteiger partial charge on any atom is 0.280 e. The number of hydrogen-bond acceptors (Lipinski definition) is 6. The largest absolute Gasteiger partial charge is 0.298 e. The summed E-state index contributed by atoms with van der Waals surface area (Å²) in [5, 5.41) is 17.2. The van der Waals surface area contributed by atoms with Gasteiger partial charge in [0.2, 0.25) is 0 Å². The fourth-order valence-corrected chi connectivity index (χ4v) is 3.65. The highest BCUT2D eigenvalue weighted by Gasteiger charge is 2.14. The maximum absolute atomic E-state index is 12.3. The second-order valence-corrected chi connectivity index (χ2v) is 6.99. The zero-order valence-electron chi connectivity index (χ0n) is 12.9. The average Bonchev–Trinajstić information content (AvgIpc) is 3.18. The van der Waals surface area contributed by atoms with Crippen molar-refractivity contribution in [2.24, 2.45) is 0 Å². The van der Waals surface area contributed by atoms with Crippen LogP contribution >= 0.6 is 22.7 Å². The van der Waals surface area contributed by atoms with E-state index in [-0.39, 0.29) is 11.6 Å². The molecule has 1 N–H and O–H groups in total. The summed E-state index contributed by atoms with van der Waals surface area (Å²) in [6.45, 7) is 3.95. The average molecular weight is 359 g/mol. The van der Waals surface area contributed by atoms with Gasteiger partial charge in [0.15, 0.2) is 5.13 Å². The van der Waals surface area contributed by atoms with Crippen molar-refractivity contribution in [2.45, 2.75) is 13.8 Å². The molecule has 122 valence electrons. The minimum absolute atomic E-state index is 0.0451. The smallest absolute Gasteiger partial charge is 0.280 e. The van der Waals surface area contributed by atoms with Crippen LogP contribution in [0.1, 0.15) is 21.5 Å². The summed E-state index contributed by atoms with van der Waals surface area (Å²) in [6, 6.07) is 6.99. The van der Waals surface area contributed by atoms with Crippen LogP contribution in [0, 0.1) is 24.0 Å². The maximum atomic E-state index is 12.3. The Labute approximate surface area is 146 Å². The molecule has 6 nitrogen and oxygen atoms in total. The molecule has 0 aliphatic carbocycles. The molecule has 0 radical (unpaired) electrons. The standard InChI is InChI=1S/C16H13N3O3S2/c1-9-3-4-11(5-10(9)2)15(20)18-16-17-13(8-24-16)14-6-12(7-23-14)19(21)22/h3-8H,1-2H3,(H,17,18,20). The Morgan fingerprint density at radius 1 is 1.17 bits per heavy atom. The molecule has 1 aromatic carbocycles. The summed E-state index contributed by atoms with van der Waals surface area (Å²) >= 11 is 2.54. The van der Waals surface area contributed by atoms with Gasteiger partial charge in [-0.25, -0.2) is 4.98 Å². The van der Waals surface area contributed by atoms with Gasteiger partial charge in [-0.3, -0.25) is 20.2 Å². The number of aromatic nitrogens is 1. The Hall–Kier alpha value is -2.58. The lowest BCUT2D eigenvalue weighted by molar-refractivity contribution is -0.384. The van der Waals surface area contributed by atoms with Gasteiger partial charge in [0.1, 0.15) is 0 Å². The Morgan fingerprint density at radius 2 is 1.96 bits per heavy atom. The molecule has 0 saturated carbocycles. The van der Waals surface area contributed by atoms with E-state index >= 15 is 0 Å². The Kier molecular flexibility index (Phi) is 4.41. The number of nitrogens with zero attached hydrogens (tertiary/aromatic N) is 2. The third-order valence-corrected chi connectivity index (χ3v) is 5.24. The number of aryl methyl sites for hydroxylation is 2. The highest BCUT2D eigenvalue weighted by molar-refractivity contribution is 7.16. The van der Waals surface area contributed by atoms with E-state index in [1.165, 1.54) is 34.1 Å². The van der Waals surface area contributed by atoms with Crippen molar-refractivity contribution < 1.29 is 9.72 Å². The molecular formula is C16H13N3O3S2. The van der Waals surface area contributed by atoms with Crippen LogP contribution in [0.25, 0.3) is 10.6 Å². The number of carbonyl (C=O) groups is 1. The van der Waals surface area contributed by atoms with Crippen molar-refractivity contribution in [1.29, 1.82) is 0 Å². The lowest BCUT2D eigenvalue weighted by atomic mass is 10.1. The van der Waals surface area contributed by atoms with E-state index in [0.29, 0.717) is 21.3 Å². The number of thiazole rings is 1. The lowest BCUT2D eigenvalue weighted by Crippen LogP contribution is -2.12. The quantitative estimate of drug-likeness (QED) is 0.543. The number of rotatable bonds is 4. The fraction of sp³-hybridized carbons (Fsp3) is 0.125. The third-order valence-electron chi connectivity index (χ3n) is 3.54. The molecule has 3 aromatic rings. The summed E-state index contributed by atoms with van der Waals surface area (Å²) in [6.07, 6.45) is 0. The van der Waals surface area contributed by atoms with Crippen LogP contribution in [0.4, 0.5) is 10.8 Å². The zero-order valence-corrected chi connectivity index (χ0v) is 14.5. The van der Waals surface area contributed by atoms with Gasteiger partial charge < -0.3 is 0 Å². The molecule has 3 rings (SSSR count). The van der Waals surface area contributed by atoms with E-state index in [2.05, 4.69) is 10.3 Å². The van der Waals surface area contributed by atoms with E-state index in [0.717, 1.165) is 11.1 Å². The first-order valence-electron chi connectivity index (χ1n) is 7.01. The van der Waals surface area contributed by atoms with Gasteiger partial charge in [-0.2, -0.15) is 0 Å². The van der Waals surface area contributed by atoms with Gasteiger partial charge in [-0.05, 0) is 37.1 Å². The predicted molar refractivity (Wildman–Crippen MR) is 96.0 cm³/mol. The van der Waals surface area contributed by atoms with Crippen LogP contribution < -0.4 is 5.32 Å². The molecule has 8 heteroatoms. The van der Waals surface area contributed by atoms with Gasteiger partial charge in [0.25, 0.3) is 11.6 Å². The number of hydrogen-bond donors (Lipinski definition) is 1. The first-order valence-corrected chi connectivity index (χ1v) is 8.77. The number of thiophene rings is 1. The van der Waals surface area contributed by atoms with E-state index < -0.39 is 4.92 Å². The number of anilines is 1. The van der Waals surface area contributed by atoms with E-state index in [9.17, 15) is 14.9 Å². The summed E-state index contributed by atoms with van der Waals surface area (Å²) in [5.41, 5.74) is 3.41. The summed E-state index contributed by atoms with van der Waals surface area (Å²) in [5.74, 6) is -0.226. The molecule has 0 spiro atoms. The first kappa shape index (κ1) is 16.3. The van der Waals surface area contributed by atoms with Crippen molar-refractivity contribution in [1.82, 2.24) is 4.98 Å². The van der Waals surface area contributed by atoms with Gasteiger partial charge in [0.05, 0.1) is 20.9 Å². The van der Waals surface area contributed by atoms with Gasteiger partial charge in [-0.1, -0.05) is 6.07 Å². The molecular weight excluding hydrogens is 346 g/mol. The molecule has 0 aliphatic rings. The molecule has 0 unspecified atom stereocenters. The van der Waals surface area contributed by atoms with Crippen molar-refractivity contribution in [3.05, 3.63) is 61.8 Å². The van der Waals surface area contributed by atoms with E-state index in [1.807, 2.05) is 26.0 Å². The normalized spacial score (nSPS) is 10.6. The Bertz CT molecular complexity index is 930. The third kappa shape index (κ3) is 3.34. The molecule has 0 aliphatic heterocycles. The van der Waals surface area contributed by atoms with Crippen molar-refractivity contribution in [3.63, 3.8) is 0 Å². The van der Waals surface area contributed by atoms with Crippen molar-refractivity contribution in [3.8, 4) is 10.6 Å². The lowest BCUT2D eigenvalue weighted by Gasteiger charge is -2.04. The Balaban J connectivity index is 1.76. The van der Waals surface area contributed by atoms with Crippen LogP contribution in [0.5, 0.6) is 0 Å². The van der Waals surface area contributed by atoms with Crippen LogP contribution in [0.15, 0.2) is 35.0 Å². The molecule has 24 heavy (non-hydrogen) atoms. The molecule has 2 heterocycles. The summed E-state index contributed by atoms with van der Waals surface area (Å²) in [4.78, 5) is 27.6. The van der Waals surface area contributed by atoms with Gasteiger partial charge >= 0.3 is 0 Å². The topological polar surface area (TPSA) is 85.1 Å². The molecule has 0 bridgehead atoms. The van der Waals surface area contributed by atoms with E-state index in [4.69, 9.17) is 0 Å². The number of amides is 1. The number of carbonyl (C=O) groups excluding carboxylic acids is 1. The van der Waals surface area contributed by atoms with Crippen LogP contribution in [-0.2, 0) is 0 Å². The zero-order chi connectivity index (χ0) is 17.3. The van der Waals surface area contributed by atoms with E-state index in [1.54, 1.807) is 11.4 Å². The van der Waals surface area contributed by atoms with Crippen molar-refractivity contribution >= 4 is 39.4 Å². The Morgan fingerprint density at radius 3 is 2.62 bits per heavy atom. The minimum atomic E-state index is -0.436. The summed E-state index contributed by atoms with van der Waals surface area (Å²) in [7, 11) is 0. The first-order chi connectivity index (χ1) is 11.4. The minimum Gasteiger partial charge on any atom is -0.298 e. The van der Waals surface area contributed by atoms with Gasteiger partial charge in [0, 0.05) is 17.0 Å². The molecule has 2 aromatic heterocycles. The van der Waals surface area contributed by atoms with Crippen LogP contribution in [-0.4, -0.2) is 15.8 Å². The monoisotopic (exact) mass is 359 g/mol. The molecule has 0 atom stereocenters.